The van der Waals surface area contributed by atoms with Crippen molar-refractivity contribution in [2.24, 2.45) is 13.0 Å². The van der Waals surface area contributed by atoms with Gasteiger partial charge in [-0.1, -0.05) is 13.8 Å². The Balaban J connectivity index is 2.61. The summed E-state index contributed by atoms with van der Waals surface area (Å²) in [5.41, 5.74) is 1.64. The largest absolute Gasteiger partial charge is 0.481 e. The minimum atomic E-state index is -0.841. The standard InChI is InChI=1S/C12H15N3O2/c1-7(2)10(12(16)17)11-14-8-6-13-5-4-9(8)15(11)3/h4-7,10H,1-3H3,(H,16,17). The minimum Gasteiger partial charge on any atom is -0.481 e. The van der Waals surface area contributed by atoms with Gasteiger partial charge >= 0.3 is 5.97 Å². The predicted molar refractivity (Wildman–Crippen MR) is 63.7 cm³/mol. The highest BCUT2D eigenvalue weighted by atomic mass is 16.4. The van der Waals surface area contributed by atoms with E-state index in [0.29, 0.717) is 5.82 Å². The van der Waals surface area contributed by atoms with Crippen LogP contribution in [0.3, 0.4) is 0 Å². The number of imidazole rings is 1. The third-order valence-corrected chi connectivity index (χ3v) is 2.93. The highest BCUT2D eigenvalue weighted by Crippen LogP contribution is 2.26. The fraction of sp³-hybridized carbons (Fsp3) is 0.417. The Bertz CT molecular complexity index is 560. The van der Waals surface area contributed by atoms with E-state index in [-0.39, 0.29) is 5.92 Å². The van der Waals surface area contributed by atoms with Crippen molar-refractivity contribution < 1.29 is 9.90 Å². The summed E-state index contributed by atoms with van der Waals surface area (Å²) >= 11 is 0. The zero-order valence-corrected chi connectivity index (χ0v) is 10.1. The van der Waals surface area contributed by atoms with Gasteiger partial charge in [0.25, 0.3) is 0 Å². The molecule has 5 heteroatoms. The molecule has 0 aliphatic carbocycles. The maximum atomic E-state index is 11.3. The molecule has 1 unspecified atom stereocenters. The van der Waals surface area contributed by atoms with E-state index in [0.717, 1.165) is 11.0 Å². The fourth-order valence-corrected chi connectivity index (χ4v) is 2.04. The van der Waals surface area contributed by atoms with Crippen LogP contribution in [0.2, 0.25) is 0 Å². The summed E-state index contributed by atoms with van der Waals surface area (Å²) in [6, 6.07) is 1.84. The Kier molecular flexibility index (Phi) is 2.83. The molecule has 1 atom stereocenters. The third kappa shape index (κ3) is 1.88. The minimum absolute atomic E-state index is 0.00373. The zero-order valence-electron chi connectivity index (χ0n) is 10.1. The van der Waals surface area contributed by atoms with E-state index in [4.69, 9.17) is 0 Å². The van der Waals surface area contributed by atoms with Crippen molar-refractivity contribution >= 4 is 17.0 Å². The quantitative estimate of drug-likeness (QED) is 0.877. The van der Waals surface area contributed by atoms with Gasteiger partial charge in [-0.25, -0.2) is 4.98 Å². The van der Waals surface area contributed by atoms with Crippen molar-refractivity contribution in [3.05, 3.63) is 24.3 Å². The van der Waals surface area contributed by atoms with Gasteiger partial charge in [-0.2, -0.15) is 0 Å². The lowest BCUT2D eigenvalue weighted by Gasteiger charge is -2.15. The monoisotopic (exact) mass is 233 g/mol. The third-order valence-electron chi connectivity index (χ3n) is 2.93. The molecule has 2 heterocycles. The molecule has 0 saturated carbocycles. The number of aliphatic carboxylic acids is 1. The van der Waals surface area contributed by atoms with Gasteiger partial charge in [-0.3, -0.25) is 9.78 Å². The molecule has 90 valence electrons. The zero-order chi connectivity index (χ0) is 12.6. The van der Waals surface area contributed by atoms with Crippen molar-refractivity contribution in [1.29, 1.82) is 0 Å². The van der Waals surface area contributed by atoms with Crippen molar-refractivity contribution in [1.82, 2.24) is 14.5 Å². The Morgan fingerprint density at radius 3 is 2.71 bits per heavy atom. The van der Waals surface area contributed by atoms with Gasteiger partial charge < -0.3 is 9.67 Å². The lowest BCUT2D eigenvalue weighted by Crippen LogP contribution is -2.21. The number of pyridine rings is 1. The fourth-order valence-electron chi connectivity index (χ4n) is 2.04. The van der Waals surface area contributed by atoms with Crippen molar-refractivity contribution in [2.75, 3.05) is 0 Å². The number of carbonyl (C=O) groups is 1. The molecule has 0 radical (unpaired) electrons. The molecular weight excluding hydrogens is 218 g/mol. The van der Waals surface area contributed by atoms with Crippen LogP contribution in [-0.4, -0.2) is 25.6 Å². The van der Waals surface area contributed by atoms with Crippen LogP contribution < -0.4 is 0 Å². The normalized spacial score (nSPS) is 13.2. The number of rotatable bonds is 3. The summed E-state index contributed by atoms with van der Waals surface area (Å²) in [7, 11) is 1.84. The van der Waals surface area contributed by atoms with E-state index >= 15 is 0 Å². The number of nitrogens with zero attached hydrogens (tertiary/aromatic N) is 3. The van der Waals surface area contributed by atoms with E-state index in [9.17, 15) is 9.90 Å². The first kappa shape index (κ1) is 11.6. The number of hydrogen-bond acceptors (Lipinski definition) is 3. The Morgan fingerprint density at radius 2 is 2.18 bits per heavy atom. The van der Waals surface area contributed by atoms with Crippen LogP contribution in [0.4, 0.5) is 0 Å². The second-order valence-corrected chi connectivity index (χ2v) is 4.45. The Labute approximate surface area is 99.1 Å². The van der Waals surface area contributed by atoms with Crippen LogP contribution in [0.25, 0.3) is 11.0 Å². The molecular formula is C12H15N3O2. The molecule has 2 aromatic heterocycles. The highest BCUT2D eigenvalue weighted by molar-refractivity contribution is 5.79. The molecule has 0 spiro atoms. The highest BCUT2D eigenvalue weighted by Gasteiger charge is 2.28. The molecule has 1 N–H and O–H groups in total. The van der Waals surface area contributed by atoms with E-state index in [1.54, 1.807) is 12.4 Å². The van der Waals surface area contributed by atoms with Gasteiger partial charge in [-0.15, -0.1) is 0 Å². The smallest absolute Gasteiger partial charge is 0.314 e. The van der Waals surface area contributed by atoms with Crippen LogP contribution in [-0.2, 0) is 11.8 Å². The van der Waals surface area contributed by atoms with Gasteiger partial charge in [0.15, 0.2) is 0 Å². The van der Waals surface area contributed by atoms with Gasteiger partial charge in [0.2, 0.25) is 0 Å². The van der Waals surface area contributed by atoms with Gasteiger partial charge in [0.1, 0.15) is 17.3 Å². The van der Waals surface area contributed by atoms with Crippen LogP contribution in [0.15, 0.2) is 18.5 Å². The molecule has 0 aliphatic rings. The maximum Gasteiger partial charge on any atom is 0.314 e. The van der Waals surface area contributed by atoms with Crippen molar-refractivity contribution in [3.63, 3.8) is 0 Å². The second kappa shape index (κ2) is 4.16. The van der Waals surface area contributed by atoms with Crippen LogP contribution in [0.5, 0.6) is 0 Å². The second-order valence-electron chi connectivity index (χ2n) is 4.45. The lowest BCUT2D eigenvalue weighted by molar-refractivity contribution is -0.140. The molecule has 2 aromatic rings. The predicted octanol–water partition coefficient (Wildman–Crippen LogP) is 1.79. The summed E-state index contributed by atoms with van der Waals surface area (Å²) in [5, 5.41) is 9.28. The molecule has 0 amide bonds. The van der Waals surface area contributed by atoms with Gasteiger partial charge in [-0.05, 0) is 12.0 Å². The van der Waals surface area contributed by atoms with E-state index in [1.165, 1.54) is 0 Å². The SMILES string of the molecule is CC(C)C(C(=O)O)c1nc2cnccc2n1C. The Hall–Kier alpha value is -1.91. The van der Waals surface area contributed by atoms with Crippen molar-refractivity contribution in [2.45, 2.75) is 19.8 Å². The van der Waals surface area contributed by atoms with Gasteiger partial charge in [0, 0.05) is 13.2 Å². The number of fused-ring (bicyclic) bond motifs is 1. The Morgan fingerprint density at radius 1 is 1.47 bits per heavy atom. The first-order chi connectivity index (χ1) is 8.02. The number of carboxylic acids is 1. The first-order valence-corrected chi connectivity index (χ1v) is 5.51. The molecule has 2 rings (SSSR count). The topological polar surface area (TPSA) is 68.0 Å². The summed E-state index contributed by atoms with van der Waals surface area (Å²) < 4.78 is 1.83. The first-order valence-electron chi connectivity index (χ1n) is 5.51. The number of aromatic nitrogens is 3. The maximum absolute atomic E-state index is 11.3. The summed E-state index contributed by atoms with van der Waals surface area (Å²) in [4.78, 5) is 19.7. The molecule has 17 heavy (non-hydrogen) atoms. The lowest BCUT2D eigenvalue weighted by atomic mass is 9.95. The van der Waals surface area contributed by atoms with Crippen LogP contribution in [0, 0.1) is 5.92 Å². The number of aryl methyl sites for hydroxylation is 1. The molecule has 0 bridgehead atoms. The van der Waals surface area contributed by atoms with Gasteiger partial charge in [0.05, 0.1) is 11.7 Å². The summed E-state index contributed by atoms with van der Waals surface area (Å²) in [6.07, 6.45) is 3.33. The molecule has 0 aromatic carbocycles. The average molecular weight is 233 g/mol. The summed E-state index contributed by atoms with van der Waals surface area (Å²) in [5.74, 6) is -0.856. The molecule has 5 nitrogen and oxygen atoms in total. The number of carboxylic acid groups (broad SMARTS) is 1. The van der Waals surface area contributed by atoms with E-state index < -0.39 is 11.9 Å². The average Bonchev–Trinajstić information content (AvgIpc) is 2.56. The van der Waals surface area contributed by atoms with Crippen molar-refractivity contribution in [3.8, 4) is 0 Å². The van der Waals surface area contributed by atoms with E-state index in [1.807, 2.05) is 31.5 Å². The van der Waals surface area contributed by atoms with Crippen LogP contribution >= 0.6 is 0 Å². The van der Waals surface area contributed by atoms with E-state index in [2.05, 4.69) is 9.97 Å². The molecule has 0 aliphatic heterocycles. The molecule has 0 saturated heterocycles. The number of hydrogen-bond donors (Lipinski definition) is 1. The van der Waals surface area contributed by atoms with Crippen LogP contribution in [0.1, 0.15) is 25.6 Å². The molecule has 0 fully saturated rings. The summed E-state index contributed by atoms with van der Waals surface area (Å²) in [6.45, 7) is 3.77.